The Bertz CT molecular complexity index is 520. The number of aryl methyl sites for hydroxylation is 2. The van der Waals surface area contributed by atoms with Crippen LogP contribution >= 0.6 is 0 Å². The second-order valence-corrected chi connectivity index (χ2v) is 3.99. The topological polar surface area (TPSA) is 9.23 Å². The van der Waals surface area contributed by atoms with Gasteiger partial charge < -0.3 is 4.74 Å². The molecule has 0 heterocycles. The van der Waals surface area contributed by atoms with Crippen molar-refractivity contribution in [3.63, 3.8) is 0 Å². The van der Waals surface area contributed by atoms with Crippen LogP contribution in [0.1, 0.15) is 18.1 Å². The molecule has 0 bridgehead atoms. The number of benzene rings is 2. The first-order valence-electron chi connectivity index (χ1n) is 5.72. The minimum Gasteiger partial charge on any atom is -0.454 e. The van der Waals surface area contributed by atoms with Crippen LogP contribution in [-0.2, 0) is 6.42 Å². The summed E-state index contributed by atoms with van der Waals surface area (Å²) in [4.78, 5) is 0. The Morgan fingerprint density at radius 2 is 1.82 bits per heavy atom. The first-order valence-corrected chi connectivity index (χ1v) is 5.72. The third kappa shape index (κ3) is 2.64. The van der Waals surface area contributed by atoms with Crippen LogP contribution in [0, 0.1) is 12.7 Å². The highest BCUT2D eigenvalue weighted by Gasteiger charge is 2.05. The van der Waals surface area contributed by atoms with Gasteiger partial charge in [0.05, 0.1) is 0 Å². The van der Waals surface area contributed by atoms with Crippen molar-refractivity contribution >= 4 is 0 Å². The molecule has 0 unspecified atom stereocenters. The number of rotatable bonds is 3. The predicted octanol–water partition coefficient (Wildman–Crippen LogP) is 4.49. The molecule has 0 atom stereocenters. The molecule has 17 heavy (non-hydrogen) atoms. The minimum atomic E-state index is -0.341. The molecule has 2 heteroatoms. The van der Waals surface area contributed by atoms with Gasteiger partial charge in [0.15, 0.2) is 11.6 Å². The first-order chi connectivity index (χ1) is 8.20. The second-order valence-electron chi connectivity index (χ2n) is 3.99. The van der Waals surface area contributed by atoms with Gasteiger partial charge in [0.2, 0.25) is 0 Å². The van der Waals surface area contributed by atoms with Gasteiger partial charge in [-0.2, -0.15) is 0 Å². The number of ether oxygens (including phenoxy) is 1. The van der Waals surface area contributed by atoms with E-state index in [1.807, 2.05) is 19.1 Å². The molecular formula is C15H15FO. The number of hydrogen-bond donors (Lipinski definition) is 0. The molecule has 0 N–H and O–H groups in total. The summed E-state index contributed by atoms with van der Waals surface area (Å²) >= 11 is 0. The Balaban J connectivity index is 2.28. The summed E-state index contributed by atoms with van der Waals surface area (Å²) in [6.07, 6.45) is 0.987. The van der Waals surface area contributed by atoms with E-state index in [0.29, 0.717) is 5.75 Å². The quantitative estimate of drug-likeness (QED) is 0.755. The molecule has 2 aromatic rings. The van der Waals surface area contributed by atoms with E-state index in [1.165, 1.54) is 11.6 Å². The van der Waals surface area contributed by atoms with Gasteiger partial charge in [0.1, 0.15) is 5.75 Å². The van der Waals surface area contributed by atoms with Crippen LogP contribution in [0.5, 0.6) is 11.5 Å². The maximum absolute atomic E-state index is 13.4. The first kappa shape index (κ1) is 11.6. The van der Waals surface area contributed by atoms with Gasteiger partial charge in [-0.15, -0.1) is 0 Å². The zero-order valence-corrected chi connectivity index (χ0v) is 10.0. The molecule has 2 rings (SSSR count). The van der Waals surface area contributed by atoms with E-state index in [1.54, 1.807) is 18.2 Å². The summed E-state index contributed by atoms with van der Waals surface area (Å²) in [5, 5.41) is 0. The molecule has 0 spiro atoms. The van der Waals surface area contributed by atoms with E-state index < -0.39 is 0 Å². The van der Waals surface area contributed by atoms with E-state index >= 15 is 0 Å². The van der Waals surface area contributed by atoms with Crippen molar-refractivity contribution in [2.24, 2.45) is 0 Å². The van der Waals surface area contributed by atoms with Crippen molar-refractivity contribution in [3.8, 4) is 11.5 Å². The lowest BCUT2D eigenvalue weighted by Gasteiger charge is -2.10. The highest BCUT2D eigenvalue weighted by molar-refractivity contribution is 5.40. The van der Waals surface area contributed by atoms with Crippen molar-refractivity contribution in [2.45, 2.75) is 20.3 Å². The standard InChI is InChI=1S/C15H15FO/c1-3-12-8-9-14(11(2)10-12)17-15-7-5-4-6-13(15)16/h4-10H,3H2,1-2H3. The summed E-state index contributed by atoms with van der Waals surface area (Å²) in [6, 6.07) is 12.4. The number of hydrogen-bond acceptors (Lipinski definition) is 1. The van der Waals surface area contributed by atoms with E-state index in [9.17, 15) is 4.39 Å². The summed E-state index contributed by atoms with van der Waals surface area (Å²) in [5.74, 6) is 0.624. The molecule has 0 aromatic heterocycles. The van der Waals surface area contributed by atoms with Crippen LogP contribution in [-0.4, -0.2) is 0 Å². The Kier molecular flexibility index (Phi) is 3.43. The number of para-hydroxylation sites is 1. The van der Waals surface area contributed by atoms with Gasteiger partial charge in [-0.1, -0.05) is 31.2 Å². The molecule has 0 saturated carbocycles. The molecule has 0 aliphatic heterocycles. The lowest BCUT2D eigenvalue weighted by molar-refractivity contribution is 0.439. The zero-order chi connectivity index (χ0) is 12.3. The van der Waals surface area contributed by atoms with Crippen LogP contribution < -0.4 is 4.74 Å². The van der Waals surface area contributed by atoms with E-state index in [4.69, 9.17) is 4.74 Å². The lowest BCUT2D eigenvalue weighted by Crippen LogP contribution is -1.91. The molecule has 0 aliphatic rings. The Hall–Kier alpha value is -1.83. The van der Waals surface area contributed by atoms with Crippen LogP contribution in [0.2, 0.25) is 0 Å². The maximum Gasteiger partial charge on any atom is 0.165 e. The summed E-state index contributed by atoms with van der Waals surface area (Å²) in [5.41, 5.74) is 2.27. The smallest absolute Gasteiger partial charge is 0.165 e. The van der Waals surface area contributed by atoms with Crippen LogP contribution in [0.15, 0.2) is 42.5 Å². The van der Waals surface area contributed by atoms with E-state index in [0.717, 1.165) is 12.0 Å². The van der Waals surface area contributed by atoms with Gasteiger partial charge in [-0.05, 0) is 42.7 Å². The van der Waals surface area contributed by atoms with Gasteiger partial charge >= 0.3 is 0 Å². The summed E-state index contributed by atoms with van der Waals surface area (Å²) in [7, 11) is 0. The maximum atomic E-state index is 13.4. The van der Waals surface area contributed by atoms with Crippen molar-refractivity contribution in [3.05, 3.63) is 59.4 Å². The third-order valence-corrected chi connectivity index (χ3v) is 2.70. The Morgan fingerprint density at radius 1 is 1.06 bits per heavy atom. The predicted molar refractivity (Wildman–Crippen MR) is 67.0 cm³/mol. The largest absolute Gasteiger partial charge is 0.454 e. The van der Waals surface area contributed by atoms with Crippen molar-refractivity contribution in [2.75, 3.05) is 0 Å². The fourth-order valence-corrected chi connectivity index (χ4v) is 1.69. The van der Waals surface area contributed by atoms with Gasteiger partial charge in [0, 0.05) is 0 Å². The number of halogens is 1. The molecule has 0 fully saturated rings. The lowest BCUT2D eigenvalue weighted by atomic mass is 10.1. The zero-order valence-electron chi connectivity index (χ0n) is 10.0. The SMILES string of the molecule is CCc1ccc(Oc2ccccc2F)c(C)c1. The minimum absolute atomic E-state index is 0.264. The van der Waals surface area contributed by atoms with Crippen LogP contribution in [0.3, 0.4) is 0 Å². The van der Waals surface area contributed by atoms with Gasteiger partial charge in [-0.3, -0.25) is 0 Å². The fraction of sp³-hybridized carbons (Fsp3) is 0.200. The van der Waals surface area contributed by atoms with Gasteiger partial charge in [-0.25, -0.2) is 4.39 Å². The molecule has 88 valence electrons. The molecule has 0 aliphatic carbocycles. The molecule has 0 radical (unpaired) electrons. The van der Waals surface area contributed by atoms with E-state index in [2.05, 4.69) is 13.0 Å². The summed E-state index contributed by atoms with van der Waals surface area (Å²) in [6.45, 7) is 4.07. The van der Waals surface area contributed by atoms with Crippen LogP contribution in [0.4, 0.5) is 4.39 Å². The van der Waals surface area contributed by atoms with Crippen molar-refractivity contribution in [1.29, 1.82) is 0 Å². The molecule has 2 aromatic carbocycles. The third-order valence-electron chi connectivity index (χ3n) is 2.70. The highest BCUT2D eigenvalue weighted by Crippen LogP contribution is 2.27. The molecule has 0 amide bonds. The highest BCUT2D eigenvalue weighted by atomic mass is 19.1. The summed E-state index contributed by atoms with van der Waals surface area (Å²) < 4.78 is 19.0. The molecule has 0 saturated heterocycles. The molecule has 1 nitrogen and oxygen atoms in total. The van der Waals surface area contributed by atoms with Crippen molar-refractivity contribution in [1.82, 2.24) is 0 Å². The fourth-order valence-electron chi connectivity index (χ4n) is 1.69. The normalized spacial score (nSPS) is 10.3. The average molecular weight is 230 g/mol. The molecular weight excluding hydrogens is 215 g/mol. The Morgan fingerprint density at radius 3 is 2.47 bits per heavy atom. The monoisotopic (exact) mass is 230 g/mol. The van der Waals surface area contributed by atoms with E-state index in [-0.39, 0.29) is 11.6 Å². The van der Waals surface area contributed by atoms with Crippen molar-refractivity contribution < 1.29 is 9.13 Å². The van der Waals surface area contributed by atoms with Gasteiger partial charge in [0.25, 0.3) is 0 Å². The second kappa shape index (κ2) is 5.00. The average Bonchev–Trinajstić information content (AvgIpc) is 2.34. The van der Waals surface area contributed by atoms with Crippen LogP contribution in [0.25, 0.3) is 0 Å². The Labute approximate surface area is 101 Å².